The predicted molar refractivity (Wildman–Crippen MR) is 114 cm³/mol. The van der Waals surface area contributed by atoms with Crippen LogP contribution in [-0.2, 0) is 20.7 Å². The number of benzene rings is 2. The van der Waals surface area contributed by atoms with Crippen molar-refractivity contribution in [2.45, 2.75) is 19.3 Å². The van der Waals surface area contributed by atoms with Gasteiger partial charge in [0.1, 0.15) is 5.75 Å². The summed E-state index contributed by atoms with van der Waals surface area (Å²) in [6.45, 7) is 0.240. The van der Waals surface area contributed by atoms with Gasteiger partial charge in [0.05, 0.1) is 36.8 Å². The fraction of sp³-hybridized carbons (Fsp3) is 0.250. The lowest BCUT2D eigenvalue weighted by Gasteiger charge is -2.12. The molecule has 0 aliphatic heterocycles. The van der Waals surface area contributed by atoms with E-state index >= 15 is 0 Å². The number of hydrogen-bond donors (Lipinski definition) is 2. The number of non-ortho nitro benzene ring substituents is 1. The first kappa shape index (κ1) is 22.8. The molecule has 0 spiro atoms. The van der Waals surface area contributed by atoms with E-state index in [0.717, 1.165) is 5.56 Å². The summed E-state index contributed by atoms with van der Waals surface area (Å²) in [4.78, 5) is 34.0. The molecule has 0 bridgehead atoms. The lowest BCUT2D eigenvalue weighted by atomic mass is 10.2. The molecule has 0 aliphatic carbocycles. The van der Waals surface area contributed by atoms with E-state index in [2.05, 4.69) is 10.6 Å². The number of carbonyl (C=O) groups excluding carboxylic acids is 2. The van der Waals surface area contributed by atoms with Crippen molar-refractivity contribution < 1.29 is 24.0 Å². The standard InChI is InChI=1S/C20H21N3O6S/c1-28-17-13-15(23(26)27)7-8-16(17)21-20(30)22-18(24)9-10-19(25)29-12-11-14-5-3-2-4-6-14/h2-8,13H,9-12H2,1H3,(H2,21,22,24,30). The molecule has 10 heteroatoms. The molecule has 158 valence electrons. The number of rotatable bonds is 9. The Labute approximate surface area is 178 Å². The zero-order chi connectivity index (χ0) is 21.9. The molecule has 0 unspecified atom stereocenters. The number of thiocarbonyl (C=S) groups is 1. The molecule has 2 N–H and O–H groups in total. The largest absolute Gasteiger partial charge is 0.494 e. The van der Waals surface area contributed by atoms with Crippen LogP contribution in [0.1, 0.15) is 18.4 Å². The van der Waals surface area contributed by atoms with Crippen molar-refractivity contribution in [2.75, 3.05) is 19.0 Å². The Bertz CT molecular complexity index is 920. The topological polar surface area (TPSA) is 120 Å². The molecule has 0 saturated heterocycles. The van der Waals surface area contributed by atoms with Crippen LogP contribution in [0.5, 0.6) is 5.75 Å². The quantitative estimate of drug-likeness (QED) is 0.269. The Kier molecular flexibility index (Phi) is 8.70. The molecule has 0 saturated carbocycles. The van der Waals surface area contributed by atoms with E-state index in [1.165, 1.54) is 25.3 Å². The van der Waals surface area contributed by atoms with Gasteiger partial charge >= 0.3 is 5.97 Å². The van der Waals surface area contributed by atoms with E-state index in [9.17, 15) is 19.7 Å². The zero-order valence-corrected chi connectivity index (χ0v) is 17.1. The second-order valence-corrected chi connectivity index (χ2v) is 6.51. The third-order valence-electron chi connectivity index (χ3n) is 3.95. The second-order valence-electron chi connectivity index (χ2n) is 6.10. The van der Waals surface area contributed by atoms with E-state index < -0.39 is 16.8 Å². The lowest BCUT2D eigenvalue weighted by Crippen LogP contribution is -2.34. The summed E-state index contributed by atoms with van der Waals surface area (Å²) in [5, 5.41) is 16.0. The maximum atomic E-state index is 12.0. The Hall–Kier alpha value is -3.53. The molecule has 30 heavy (non-hydrogen) atoms. The van der Waals surface area contributed by atoms with Gasteiger partial charge in [0.15, 0.2) is 5.11 Å². The smallest absolute Gasteiger partial charge is 0.306 e. The summed E-state index contributed by atoms with van der Waals surface area (Å²) in [7, 11) is 1.36. The van der Waals surface area contributed by atoms with Gasteiger partial charge in [-0.05, 0) is 23.8 Å². The van der Waals surface area contributed by atoms with E-state index in [-0.39, 0.29) is 36.0 Å². The number of anilines is 1. The van der Waals surface area contributed by atoms with Crippen LogP contribution in [0, 0.1) is 10.1 Å². The SMILES string of the molecule is COc1cc([N+](=O)[O-])ccc1NC(=S)NC(=O)CCC(=O)OCCc1ccccc1. The van der Waals surface area contributed by atoms with Gasteiger partial charge in [-0.1, -0.05) is 30.3 Å². The van der Waals surface area contributed by atoms with Crippen LogP contribution in [-0.4, -0.2) is 35.6 Å². The Balaban J connectivity index is 1.73. The van der Waals surface area contributed by atoms with Gasteiger partial charge in [-0.3, -0.25) is 19.7 Å². The van der Waals surface area contributed by atoms with E-state index in [1.54, 1.807) is 0 Å². The Morgan fingerprint density at radius 1 is 1.13 bits per heavy atom. The maximum Gasteiger partial charge on any atom is 0.306 e. The lowest BCUT2D eigenvalue weighted by molar-refractivity contribution is -0.384. The maximum absolute atomic E-state index is 12.0. The normalized spacial score (nSPS) is 10.0. The zero-order valence-electron chi connectivity index (χ0n) is 16.3. The number of amides is 1. The molecule has 2 aromatic carbocycles. The summed E-state index contributed by atoms with van der Waals surface area (Å²) in [5.74, 6) is -0.742. The molecule has 2 aromatic rings. The number of ether oxygens (including phenoxy) is 2. The van der Waals surface area contributed by atoms with Gasteiger partial charge < -0.3 is 20.1 Å². The van der Waals surface area contributed by atoms with Gasteiger partial charge in [0, 0.05) is 18.9 Å². The number of nitrogens with one attached hydrogen (secondary N) is 2. The second kappa shape index (κ2) is 11.5. The third kappa shape index (κ3) is 7.47. The molecule has 1 amide bonds. The number of carbonyl (C=O) groups is 2. The Morgan fingerprint density at radius 2 is 1.87 bits per heavy atom. The average molecular weight is 431 g/mol. The van der Waals surface area contributed by atoms with Crippen molar-refractivity contribution in [1.29, 1.82) is 0 Å². The molecular formula is C20H21N3O6S. The summed E-state index contributed by atoms with van der Waals surface area (Å²) in [6.07, 6.45) is 0.428. The molecule has 0 aromatic heterocycles. The van der Waals surface area contributed by atoms with Crippen LogP contribution in [0.3, 0.4) is 0 Å². The number of nitro groups is 1. The minimum absolute atomic E-state index is 0.0235. The fourth-order valence-electron chi connectivity index (χ4n) is 2.45. The average Bonchev–Trinajstić information content (AvgIpc) is 2.73. The van der Waals surface area contributed by atoms with Crippen molar-refractivity contribution >= 4 is 40.6 Å². The summed E-state index contributed by atoms with van der Waals surface area (Å²) < 4.78 is 10.2. The van der Waals surface area contributed by atoms with Gasteiger partial charge in [-0.25, -0.2) is 0 Å². The highest BCUT2D eigenvalue weighted by Gasteiger charge is 2.14. The van der Waals surface area contributed by atoms with Crippen LogP contribution in [0.2, 0.25) is 0 Å². The highest BCUT2D eigenvalue weighted by atomic mass is 32.1. The molecule has 2 rings (SSSR count). The van der Waals surface area contributed by atoms with Crippen LogP contribution >= 0.6 is 12.2 Å². The van der Waals surface area contributed by atoms with Crippen molar-refractivity contribution in [2.24, 2.45) is 0 Å². The van der Waals surface area contributed by atoms with Crippen molar-refractivity contribution in [3.05, 3.63) is 64.2 Å². The van der Waals surface area contributed by atoms with E-state index in [4.69, 9.17) is 21.7 Å². The van der Waals surface area contributed by atoms with Gasteiger partial charge in [0.2, 0.25) is 5.91 Å². The molecule has 0 aliphatic rings. The summed E-state index contributed by atoms with van der Waals surface area (Å²) >= 11 is 5.06. The number of hydrogen-bond acceptors (Lipinski definition) is 7. The highest BCUT2D eigenvalue weighted by Crippen LogP contribution is 2.28. The minimum Gasteiger partial charge on any atom is -0.494 e. The molecule has 0 heterocycles. The molecule has 9 nitrogen and oxygen atoms in total. The van der Waals surface area contributed by atoms with Gasteiger partial charge in [0.25, 0.3) is 5.69 Å². The number of methoxy groups -OCH3 is 1. The fourth-order valence-corrected chi connectivity index (χ4v) is 2.68. The minimum atomic E-state index is -0.550. The summed E-state index contributed by atoms with van der Waals surface area (Å²) in [5.41, 5.74) is 1.27. The Morgan fingerprint density at radius 3 is 2.53 bits per heavy atom. The first-order valence-electron chi connectivity index (χ1n) is 9.02. The van der Waals surface area contributed by atoms with Crippen LogP contribution in [0.4, 0.5) is 11.4 Å². The predicted octanol–water partition coefficient (Wildman–Crippen LogP) is 2.98. The van der Waals surface area contributed by atoms with Crippen molar-refractivity contribution in [3.8, 4) is 5.75 Å². The first-order chi connectivity index (χ1) is 14.4. The first-order valence-corrected chi connectivity index (χ1v) is 9.42. The monoisotopic (exact) mass is 431 g/mol. The van der Waals surface area contributed by atoms with Crippen molar-refractivity contribution in [3.63, 3.8) is 0 Å². The van der Waals surface area contributed by atoms with E-state index in [0.29, 0.717) is 12.1 Å². The van der Waals surface area contributed by atoms with Crippen LogP contribution in [0.15, 0.2) is 48.5 Å². The summed E-state index contributed by atoms with van der Waals surface area (Å²) in [6, 6.07) is 13.5. The molecule has 0 fully saturated rings. The molecule has 0 atom stereocenters. The van der Waals surface area contributed by atoms with Crippen molar-refractivity contribution in [1.82, 2.24) is 5.32 Å². The van der Waals surface area contributed by atoms with E-state index in [1.807, 2.05) is 30.3 Å². The molecule has 0 radical (unpaired) electrons. The van der Waals surface area contributed by atoms with Gasteiger partial charge in [-0.2, -0.15) is 0 Å². The number of esters is 1. The molecular weight excluding hydrogens is 410 g/mol. The highest BCUT2D eigenvalue weighted by molar-refractivity contribution is 7.80. The van der Waals surface area contributed by atoms with Crippen LogP contribution in [0.25, 0.3) is 0 Å². The van der Waals surface area contributed by atoms with Crippen LogP contribution < -0.4 is 15.4 Å². The number of nitrogens with zero attached hydrogens (tertiary/aromatic N) is 1. The third-order valence-corrected chi connectivity index (χ3v) is 4.15. The van der Waals surface area contributed by atoms with Gasteiger partial charge in [-0.15, -0.1) is 0 Å². The number of nitro benzene ring substituents is 1.